The molecule has 1 saturated heterocycles. The molecule has 130 valence electrons. The van der Waals surface area contributed by atoms with E-state index in [1.165, 1.54) is 12.1 Å². The molecule has 1 aromatic carbocycles. The lowest BCUT2D eigenvalue weighted by atomic mass is 10.1. The Morgan fingerprint density at radius 3 is 2.88 bits per heavy atom. The highest BCUT2D eigenvalue weighted by molar-refractivity contribution is 7.88. The summed E-state index contributed by atoms with van der Waals surface area (Å²) in [7, 11) is -1.91. The van der Waals surface area contributed by atoms with E-state index < -0.39 is 27.7 Å². The molecule has 1 fully saturated rings. The minimum absolute atomic E-state index is 0.157. The van der Waals surface area contributed by atoms with Gasteiger partial charge in [0.25, 0.3) is 0 Å². The third-order valence-electron chi connectivity index (χ3n) is 4.13. The van der Waals surface area contributed by atoms with Gasteiger partial charge in [-0.15, -0.1) is 0 Å². The first-order chi connectivity index (χ1) is 11.4. The maximum Gasteiger partial charge on any atom is 0.216 e. The van der Waals surface area contributed by atoms with Crippen LogP contribution < -0.4 is 4.72 Å². The van der Waals surface area contributed by atoms with Crippen molar-refractivity contribution < 1.29 is 17.5 Å². The summed E-state index contributed by atoms with van der Waals surface area (Å²) in [6.45, 7) is 2.22. The number of nitrogens with one attached hydrogen (secondary N) is 1. The Morgan fingerprint density at radius 1 is 1.42 bits per heavy atom. The van der Waals surface area contributed by atoms with Gasteiger partial charge in [-0.2, -0.15) is 5.10 Å². The molecule has 3 rings (SSSR count). The zero-order valence-electron chi connectivity index (χ0n) is 13.6. The van der Waals surface area contributed by atoms with Crippen LogP contribution in [0.3, 0.4) is 0 Å². The molecule has 0 amide bonds. The number of ether oxygens (including phenoxy) is 1. The molecule has 0 spiro atoms. The van der Waals surface area contributed by atoms with Gasteiger partial charge >= 0.3 is 0 Å². The van der Waals surface area contributed by atoms with Crippen molar-refractivity contribution in [1.82, 2.24) is 14.5 Å². The number of sulfonamides is 1. The van der Waals surface area contributed by atoms with Gasteiger partial charge in [0.05, 0.1) is 17.5 Å². The van der Waals surface area contributed by atoms with Gasteiger partial charge in [-0.25, -0.2) is 17.5 Å². The Kier molecular flexibility index (Phi) is 4.71. The zero-order valence-corrected chi connectivity index (χ0v) is 14.4. The van der Waals surface area contributed by atoms with Gasteiger partial charge < -0.3 is 4.74 Å². The molecule has 0 aliphatic carbocycles. The number of rotatable bonds is 5. The van der Waals surface area contributed by atoms with Crippen LogP contribution in [-0.4, -0.2) is 30.8 Å². The Bertz CT molecular complexity index is 835. The van der Waals surface area contributed by atoms with Gasteiger partial charge in [-0.05, 0) is 31.0 Å². The molecule has 1 N–H and O–H groups in total. The SMILES string of the molecule is Cc1ccc(CS(=O)(=O)N[C@H]2CCO[C@@H]2c2ccnn2C)c(F)c1. The molecular formula is C16H20FN3O3S. The molecule has 2 heterocycles. The maximum atomic E-state index is 13.9. The molecule has 1 aliphatic heterocycles. The van der Waals surface area contributed by atoms with E-state index in [-0.39, 0.29) is 11.6 Å². The second-order valence-corrected chi connectivity index (χ2v) is 7.79. The Hall–Kier alpha value is -1.77. The van der Waals surface area contributed by atoms with Crippen LogP contribution in [0.15, 0.2) is 30.5 Å². The molecule has 8 heteroatoms. The number of hydrogen-bond donors (Lipinski definition) is 1. The molecule has 0 radical (unpaired) electrons. The molecule has 2 atom stereocenters. The van der Waals surface area contributed by atoms with Crippen LogP contribution in [0.25, 0.3) is 0 Å². The Balaban J connectivity index is 1.75. The summed E-state index contributed by atoms with van der Waals surface area (Å²) in [6, 6.07) is 5.95. The summed E-state index contributed by atoms with van der Waals surface area (Å²) in [5.41, 5.74) is 1.72. The summed E-state index contributed by atoms with van der Waals surface area (Å²) < 4.78 is 48.8. The maximum absolute atomic E-state index is 13.9. The van der Waals surface area contributed by atoms with Crippen molar-refractivity contribution in [3.05, 3.63) is 53.1 Å². The van der Waals surface area contributed by atoms with Gasteiger partial charge in [0.15, 0.2) is 0 Å². The van der Waals surface area contributed by atoms with Crippen molar-refractivity contribution in [3.63, 3.8) is 0 Å². The predicted molar refractivity (Wildman–Crippen MR) is 87.2 cm³/mol. The normalized spacial score (nSPS) is 21.3. The monoisotopic (exact) mass is 353 g/mol. The zero-order chi connectivity index (χ0) is 17.3. The molecule has 0 unspecified atom stereocenters. The van der Waals surface area contributed by atoms with Crippen LogP contribution in [0.2, 0.25) is 0 Å². The summed E-state index contributed by atoms with van der Waals surface area (Å²) >= 11 is 0. The smallest absolute Gasteiger partial charge is 0.216 e. The molecule has 1 aromatic heterocycles. The fourth-order valence-corrected chi connectivity index (χ4v) is 4.34. The van der Waals surface area contributed by atoms with Crippen molar-refractivity contribution in [2.45, 2.75) is 31.2 Å². The number of aromatic nitrogens is 2. The van der Waals surface area contributed by atoms with E-state index in [9.17, 15) is 12.8 Å². The minimum Gasteiger partial charge on any atom is -0.370 e. The first-order valence-electron chi connectivity index (χ1n) is 7.70. The third kappa shape index (κ3) is 3.66. The molecule has 0 saturated carbocycles. The number of aryl methyl sites for hydroxylation is 2. The number of nitrogens with zero attached hydrogens (tertiary/aromatic N) is 2. The number of benzene rings is 1. The molecule has 1 aliphatic rings. The van der Waals surface area contributed by atoms with Crippen molar-refractivity contribution in [2.24, 2.45) is 7.05 Å². The summed E-state index contributed by atoms with van der Waals surface area (Å²) in [6.07, 6.45) is 1.81. The predicted octanol–water partition coefficient (Wildman–Crippen LogP) is 1.82. The van der Waals surface area contributed by atoms with E-state index in [0.717, 1.165) is 11.3 Å². The summed E-state index contributed by atoms with van der Waals surface area (Å²) in [4.78, 5) is 0. The number of hydrogen-bond acceptors (Lipinski definition) is 4. The van der Waals surface area contributed by atoms with Crippen LogP contribution in [0.1, 0.15) is 29.3 Å². The third-order valence-corrected chi connectivity index (χ3v) is 5.48. The van der Waals surface area contributed by atoms with Gasteiger partial charge in [0.1, 0.15) is 11.9 Å². The van der Waals surface area contributed by atoms with Crippen molar-refractivity contribution >= 4 is 10.0 Å². The topological polar surface area (TPSA) is 73.2 Å². The lowest BCUT2D eigenvalue weighted by Gasteiger charge is -2.20. The molecule has 6 nitrogen and oxygen atoms in total. The first kappa shape index (κ1) is 17.1. The standard InChI is InChI=1S/C16H20FN3O3S/c1-11-3-4-12(13(17)9-11)10-24(21,22)19-14-6-8-23-16(14)15-5-7-18-20(15)2/h3-5,7,9,14,16,19H,6,8,10H2,1-2H3/t14-,16-/m0/s1. The highest BCUT2D eigenvalue weighted by atomic mass is 32.2. The van der Waals surface area contributed by atoms with Gasteiger partial charge in [0.2, 0.25) is 10.0 Å². The van der Waals surface area contributed by atoms with Crippen LogP contribution in [0.5, 0.6) is 0 Å². The fraction of sp³-hybridized carbons (Fsp3) is 0.438. The van der Waals surface area contributed by atoms with Crippen molar-refractivity contribution in [3.8, 4) is 0 Å². The summed E-state index contributed by atoms with van der Waals surface area (Å²) in [5.74, 6) is -0.903. The van der Waals surface area contributed by atoms with E-state index >= 15 is 0 Å². The lowest BCUT2D eigenvalue weighted by Crippen LogP contribution is -2.38. The Labute approximate surface area is 140 Å². The average Bonchev–Trinajstić information content (AvgIpc) is 3.10. The molecular weight excluding hydrogens is 333 g/mol. The fourth-order valence-electron chi connectivity index (χ4n) is 2.91. The van der Waals surface area contributed by atoms with Crippen LogP contribution >= 0.6 is 0 Å². The van der Waals surface area contributed by atoms with E-state index in [2.05, 4.69) is 9.82 Å². The highest BCUT2D eigenvalue weighted by Gasteiger charge is 2.34. The van der Waals surface area contributed by atoms with Crippen LogP contribution in [0.4, 0.5) is 4.39 Å². The second kappa shape index (κ2) is 6.62. The molecule has 2 aromatic rings. The Morgan fingerprint density at radius 2 is 2.21 bits per heavy atom. The van der Waals surface area contributed by atoms with Crippen molar-refractivity contribution in [2.75, 3.05) is 6.61 Å². The molecule has 24 heavy (non-hydrogen) atoms. The quantitative estimate of drug-likeness (QED) is 0.890. The first-order valence-corrected chi connectivity index (χ1v) is 9.35. The van der Waals surface area contributed by atoms with Crippen LogP contribution in [-0.2, 0) is 27.6 Å². The van der Waals surface area contributed by atoms with Gasteiger partial charge in [-0.3, -0.25) is 4.68 Å². The van der Waals surface area contributed by atoms with Crippen LogP contribution in [0, 0.1) is 12.7 Å². The largest absolute Gasteiger partial charge is 0.370 e. The van der Waals surface area contributed by atoms with Gasteiger partial charge in [-0.1, -0.05) is 12.1 Å². The number of halogens is 1. The average molecular weight is 353 g/mol. The second-order valence-electron chi connectivity index (χ2n) is 6.04. The minimum atomic E-state index is -3.69. The molecule has 0 bridgehead atoms. The highest BCUT2D eigenvalue weighted by Crippen LogP contribution is 2.29. The van der Waals surface area contributed by atoms with Crippen molar-refractivity contribution in [1.29, 1.82) is 0 Å². The summed E-state index contributed by atoms with van der Waals surface area (Å²) in [5, 5.41) is 4.09. The van der Waals surface area contributed by atoms with Gasteiger partial charge in [0, 0.05) is 25.4 Å². The lowest BCUT2D eigenvalue weighted by molar-refractivity contribution is 0.0959. The van der Waals surface area contributed by atoms with E-state index in [1.807, 2.05) is 0 Å². The van der Waals surface area contributed by atoms with E-state index in [4.69, 9.17) is 4.74 Å². The van der Waals surface area contributed by atoms with E-state index in [0.29, 0.717) is 13.0 Å². The van der Waals surface area contributed by atoms with E-state index in [1.54, 1.807) is 37.0 Å².